The number of rotatable bonds is 5. The van der Waals surface area contributed by atoms with Crippen molar-refractivity contribution in [3.63, 3.8) is 0 Å². The molecule has 2 aromatic heterocycles. The Bertz CT molecular complexity index is 2290. The van der Waals surface area contributed by atoms with Gasteiger partial charge in [-0.2, -0.15) is 0 Å². The van der Waals surface area contributed by atoms with Crippen molar-refractivity contribution in [3.05, 3.63) is 143 Å². The molecule has 6 aliphatic rings. The molecule has 0 radical (unpaired) electrons. The maximum atomic E-state index is 5.44. The lowest BCUT2D eigenvalue weighted by atomic mass is 9.92. The molecule has 2 aromatic carbocycles. The van der Waals surface area contributed by atoms with Gasteiger partial charge in [0.25, 0.3) is 0 Å². The Kier molecular flexibility index (Phi) is 7.18. The number of benzene rings is 2. The Morgan fingerprint density at radius 2 is 1.34 bits per heavy atom. The normalized spacial score (nSPS) is 22.6. The summed E-state index contributed by atoms with van der Waals surface area (Å²) in [6.07, 6.45) is 36.7. The first kappa shape index (κ1) is 29.5. The molecule has 0 saturated carbocycles. The van der Waals surface area contributed by atoms with Crippen LogP contribution in [0.5, 0.6) is 0 Å². The molecule has 4 aromatic rings. The Hall–Kier alpha value is -5.42. The first-order valence-corrected chi connectivity index (χ1v) is 18.5. The van der Waals surface area contributed by atoms with Crippen LogP contribution in [0.25, 0.3) is 45.4 Å². The third kappa shape index (κ3) is 4.74. The Morgan fingerprint density at radius 3 is 2.06 bits per heavy atom. The van der Waals surface area contributed by atoms with Crippen LogP contribution in [0.1, 0.15) is 67.5 Å². The highest BCUT2D eigenvalue weighted by Gasteiger charge is 2.34. The van der Waals surface area contributed by atoms with Crippen LogP contribution in [-0.4, -0.2) is 27.0 Å². The molecule has 246 valence electrons. The molecular formula is C45H41N5. The third-order valence-corrected chi connectivity index (χ3v) is 11.2. The maximum absolute atomic E-state index is 5.44. The Morgan fingerprint density at radius 1 is 0.660 bits per heavy atom. The van der Waals surface area contributed by atoms with Crippen LogP contribution in [0.3, 0.4) is 0 Å². The number of hydrogen-bond donors (Lipinski definition) is 1. The number of nitrogens with zero attached hydrogens (tertiary/aromatic N) is 4. The summed E-state index contributed by atoms with van der Waals surface area (Å²) < 4.78 is 5.12. The van der Waals surface area contributed by atoms with Gasteiger partial charge >= 0.3 is 0 Å². The fourth-order valence-corrected chi connectivity index (χ4v) is 8.92. The van der Waals surface area contributed by atoms with E-state index in [0.29, 0.717) is 0 Å². The minimum absolute atomic E-state index is 0.0865. The predicted octanol–water partition coefficient (Wildman–Crippen LogP) is 10.2. The molecule has 2 unspecified atom stereocenters. The van der Waals surface area contributed by atoms with Gasteiger partial charge in [-0.05, 0) is 76.0 Å². The minimum atomic E-state index is -0.259. The third-order valence-electron chi connectivity index (χ3n) is 11.2. The monoisotopic (exact) mass is 651 g/mol. The number of allylic oxidation sites excluding steroid dienone is 9. The molecule has 1 aliphatic heterocycles. The van der Waals surface area contributed by atoms with Crippen LogP contribution in [0.2, 0.25) is 0 Å². The average Bonchev–Trinajstić information content (AvgIpc) is 3.71. The fraction of sp³-hybridized carbons (Fsp3) is 0.244. The smallest absolute Gasteiger partial charge is 0.158 e. The van der Waals surface area contributed by atoms with Crippen LogP contribution >= 0.6 is 0 Å². The Labute approximate surface area is 293 Å². The summed E-state index contributed by atoms with van der Waals surface area (Å²) in [7, 11) is 0. The van der Waals surface area contributed by atoms with Gasteiger partial charge in [-0.1, -0.05) is 103 Å². The van der Waals surface area contributed by atoms with Gasteiger partial charge in [0, 0.05) is 55.8 Å². The van der Waals surface area contributed by atoms with Crippen molar-refractivity contribution in [2.24, 2.45) is 15.9 Å². The van der Waals surface area contributed by atoms with E-state index in [1.807, 2.05) is 0 Å². The number of aromatic nitrogens is 2. The highest BCUT2D eigenvalue weighted by molar-refractivity contribution is 6.12. The van der Waals surface area contributed by atoms with E-state index in [1.54, 1.807) is 0 Å². The van der Waals surface area contributed by atoms with Crippen molar-refractivity contribution < 1.29 is 0 Å². The van der Waals surface area contributed by atoms with E-state index in [-0.39, 0.29) is 12.1 Å². The van der Waals surface area contributed by atoms with Crippen molar-refractivity contribution >= 4 is 57.0 Å². The lowest BCUT2D eigenvalue weighted by molar-refractivity contribution is 0.669. The van der Waals surface area contributed by atoms with E-state index in [1.165, 1.54) is 61.3 Å². The predicted molar refractivity (Wildman–Crippen MR) is 210 cm³/mol. The molecule has 0 bridgehead atoms. The zero-order valence-electron chi connectivity index (χ0n) is 28.4. The van der Waals surface area contributed by atoms with Gasteiger partial charge < -0.3 is 14.5 Å². The summed E-state index contributed by atoms with van der Waals surface area (Å²) >= 11 is 0. The highest BCUT2D eigenvalue weighted by atomic mass is 15.2. The standard InChI is InChI=1S/C45H41N5/c1-2-16-30(17-3-1)43-46-44(35-22-8-14-28-41(35)49-37-24-10-4-18-31(37)32-19-5-11-25-38(32)49)48-45(47-43)36-23-9-15-29-42(36)50-39-26-12-6-20-33(39)34-21-7-13-27-40(34)50/h2,4-11,15-22,24-25,29,36,44H,1,3,12-14,23,26-28H2,(H,46,47,48). The summed E-state index contributed by atoms with van der Waals surface area (Å²) in [6, 6.07) is 17.7. The molecule has 5 aliphatic carbocycles. The molecule has 0 fully saturated rings. The summed E-state index contributed by atoms with van der Waals surface area (Å²) in [5.74, 6) is 1.94. The zero-order valence-corrected chi connectivity index (χ0v) is 28.4. The molecule has 2 atom stereocenters. The van der Waals surface area contributed by atoms with Crippen molar-refractivity contribution in [3.8, 4) is 0 Å². The van der Waals surface area contributed by atoms with Gasteiger partial charge in [0.2, 0.25) is 0 Å². The lowest BCUT2D eigenvalue weighted by Gasteiger charge is -2.33. The molecule has 50 heavy (non-hydrogen) atoms. The van der Waals surface area contributed by atoms with Gasteiger partial charge in [-0.25, -0.2) is 9.98 Å². The van der Waals surface area contributed by atoms with Crippen molar-refractivity contribution in [1.82, 2.24) is 14.5 Å². The Balaban J connectivity index is 1.13. The first-order valence-electron chi connectivity index (χ1n) is 18.5. The molecule has 5 nitrogen and oxygen atoms in total. The van der Waals surface area contributed by atoms with Crippen molar-refractivity contribution in [2.75, 3.05) is 0 Å². The van der Waals surface area contributed by atoms with Crippen LogP contribution < -0.4 is 5.32 Å². The number of aliphatic imine (C=N–C) groups is 2. The second-order valence-corrected chi connectivity index (χ2v) is 14.1. The topological polar surface area (TPSA) is 46.6 Å². The zero-order chi connectivity index (χ0) is 33.0. The largest absolute Gasteiger partial charge is 0.348 e. The van der Waals surface area contributed by atoms with Gasteiger partial charge in [-0.15, -0.1) is 0 Å². The maximum Gasteiger partial charge on any atom is 0.158 e. The van der Waals surface area contributed by atoms with Crippen molar-refractivity contribution in [2.45, 2.75) is 64.0 Å². The van der Waals surface area contributed by atoms with E-state index < -0.39 is 0 Å². The van der Waals surface area contributed by atoms with Gasteiger partial charge in [0.1, 0.15) is 12.0 Å². The van der Waals surface area contributed by atoms with Crippen LogP contribution in [0.4, 0.5) is 0 Å². The molecule has 5 heteroatoms. The van der Waals surface area contributed by atoms with E-state index in [0.717, 1.165) is 75.0 Å². The first-order chi connectivity index (χ1) is 24.8. The molecule has 0 spiro atoms. The van der Waals surface area contributed by atoms with E-state index in [9.17, 15) is 0 Å². The highest BCUT2D eigenvalue weighted by Crippen LogP contribution is 2.41. The lowest BCUT2D eigenvalue weighted by Crippen LogP contribution is -2.44. The summed E-state index contributed by atoms with van der Waals surface area (Å²) in [6.45, 7) is 0. The quantitative estimate of drug-likeness (QED) is 0.229. The number of para-hydroxylation sites is 2. The molecule has 1 N–H and O–H groups in total. The van der Waals surface area contributed by atoms with Crippen LogP contribution in [0, 0.1) is 5.92 Å². The molecule has 0 saturated heterocycles. The minimum Gasteiger partial charge on any atom is -0.348 e. The average molecular weight is 652 g/mol. The van der Waals surface area contributed by atoms with Gasteiger partial charge in [0.05, 0.1) is 17.0 Å². The SMILES string of the molecule is C1=CCC(C2=NC(C3=CCCC=C3)=NC(C3=C(n4c5ccccc5c5ccccc54)CCC=C3)N2)C(n2c3c(c4c2CCC=C4)C=CCC3)=C1. The molecule has 0 amide bonds. The van der Waals surface area contributed by atoms with E-state index in [4.69, 9.17) is 9.98 Å². The van der Waals surface area contributed by atoms with Crippen LogP contribution in [-0.2, 0) is 12.8 Å². The molecule has 10 rings (SSSR count). The number of nitrogens with one attached hydrogen (secondary N) is 1. The second kappa shape index (κ2) is 12.2. The summed E-state index contributed by atoms with van der Waals surface area (Å²) in [5, 5.41) is 6.55. The van der Waals surface area contributed by atoms with E-state index >= 15 is 0 Å². The summed E-state index contributed by atoms with van der Waals surface area (Å²) in [4.78, 5) is 10.8. The number of fused-ring (bicyclic) bond motifs is 6. The fourth-order valence-electron chi connectivity index (χ4n) is 8.92. The second-order valence-electron chi connectivity index (χ2n) is 14.1. The van der Waals surface area contributed by atoms with E-state index in [2.05, 4.69) is 136 Å². The van der Waals surface area contributed by atoms with Crippen LogP contribution in [0.15, 0.2) is 130 Å². The number of amidine groups is 2. The van der Waals surface area contributed by atoms with Gasteiger partial charge in [-0.3, -0.25) is 0 Å². The molecular weight excluding hydrogens is 611 g/mol. The van der Waals surface area contributed by atoms with Crippen molar-refractivity contribution in [1.29, 1.82) is 0 Å². The number of hydrogen-bond acceptors (Lipinski definition) is 3. The summed E-state index contributed by atoms with van der Waals surface area (Å²) in [5.41, 5.74) is 13.2. The van der Waals surface area contributed by atoms with Gasteiger partial charge in [0.15, 0.2) is 5.84 Å². The molecule has 3 heterocycles.